The molecule has 0 radical (unpaired) electrons. The highest BCUT2D eigenvalue weighted by atomic mass is 16.4. The summed E-state index contributed by atoms with van der Waals surface area (Å²) in [6.45, 7) is 0.113. The van der Waals surface area contributed by atoms with Crippen LogP contribution >= 0.6 is 0 Å². The molecule has 2 heterocycles. The Hall–Kier alpha value is -2.64. The number of nitrogens with one attached hydrogen (secondary N) is 1. The maximum atomic E-state index is 12.1. The van der Waals surface area contributed by atoms with Gasteiger partial charge in [0.15, 0.2) is 5.65 Å². The van der Waals surface area contributed by atoms with Gasteiger partial charge in [0.25, 0.3) is 0 Å². The molecule has 1 amide bonds. The van der Waals surface area contributed by atoms with E-state index < -0.39 is 12.0 Å². The summed E-state index contributed by atoms with van der Waals surface area (Å²) in [5, 5.41) is 15.8. The number of fused-ring (bicyclic) bond motifs is 1. The number of hydrogen-bond acceptors (Lipinski definition) is 4. The van der Waals surface area contributed by atoms with E-state index in [0.717, 1.165) is 12.8 Å². The van der Waals surface area contributed by atoms with Crippen molar-refractivity contribution in [3.8, 4) is 0 Å². The van der Waals surface area contributed by atoms with Crippen LogP contribution in [0.1, 0.15) is 25.7 Å². The second-order valence-electron chi connectivity index (χ2n) is 5.82. The molecule has 1 atom stereocenters. The lowest BCUT2D eigenvalue weighted by atomic mass is 10.1. The Balaban J connectivity index is 1.60. The fraction of sp³-hybridized carbons (Fsp3) is 0.467. The summed E-state index contributed by atoms with van der Waals surface area (Å²) < 4.78 is 2.61. The predicted molar refractivity (Wildman–Crippen MR) is 81.0 cm³/mol. The van der Waals surface area contributed by atoms with Crippen molar-refractivity contribution in [1.82, 2.24) is 19.5 Å². The molecule has 1 aliphatic rings. The number of carboxylic acid groups (broad SMARTS) is 1. The Morgan fingerprint density at radius 2 is 2.17 bits per heavy atom. The third kappa shape index (κ3) is 3.58. The molecule has 1 unspecified atom stereocenters. The van der Waals surface area contributed by atoms with Gasteiger partial charge in [-0.2, -0.15) is 0 Å². The molecule has 0 bridgehead atoms. The average Bonchev–Trinajstić information content (AvgIpc) is 3.28. The van der Waals surface area contributed by atoms with Crippen LogP contribution in [0, 0.1) is 5.92 Å². The van der Waals surface area contributed by atoms with Crippen molar-refractivity contribution in [3.05, 3.63) is 34.9 Å². The van der Waals surface area contributed by atoms with Gasteiger partial charge in [-0.05, 0) is 24.5 Å². The summed E-state index contributed by atoms with van der Waals surface area (Å²) in [7, 11) is 0. The summed E-state index contributed by atoms with van der Waals surface area (Å²) in [4.78, 5) is 35.2. The first-order valence-electron chi connectivity index (χ1n) is 7.61. The number of carbonyl (C=O) groups excluding carboxylic acids is 1. The molecule has 0 saturated heterocycles. The van der Waals surface area contributed by atoms with Crippen LogP contribution in [0.3, 0.4) is 0 Å². The minimum Gasteiger partial charge on any atom is -0.480 e. The number of carbonyl (C=O) groups is 2. The van der Waals surface area contributed by atoms with Gasteiger partial charge in [0.05, 0.1) is 6.54 Å². The summed E-state index contributed by atoms with van der Waals surface area (Å²) in [5.74, 6) is -1.00. The molecule has 8 heteroatoms. The molecule has 1 aliphatic carbocycles. The Morgan fingerprint density at radius 1 is 1.39 bits per heavy atom. The third-order valence-corrected chi connectivity index (χ3v) is 3.94. The minimum absolute atomic E-state index is 0.0121. The van der Waals surface area contributed by atoms with Crippen LogP contribution in [-0.2, 0) is 16.1 Å². The van der Waals surface area contributed by atoms with E-state index in [1.807, 2.05) is 0 Å². The number of nitrogens with zero attached hydrogens (tertiary/aromatic N) is 3. The van der Waals surface area contributed by atoms with Gasteiger partial charge in [0, 0.05) is 12.6 Å². The van der Waals surface area contributed by atoms with Crippen LogP contribution < -0.4 is 11.0 Å². The second-order valence-corrected chi connectivity index (χ2v) is 5.82. The third-order valence-electron chi connectivity index (χ3n) is 3.94. The van der Waals surface area contributed by atoms with E-state index in [1.54, 1.807) is 24.4 Å². The topological polar surface area (TPSA) is 106 Å². The molecule has 0 aromatic carbocycles. The van der Waals surface area contributed by atoms with Crippen LogP contribution in [0.5, 0.6) is 0 Å². The van der Waals surface area contributed by atoms with Gasteiger partial charge in [0.1, 0.15) is 6.04 Å². The van der Waals surface area contributed by atoms with Gasteiger partial charge in [-0.3, -0.25) is 9.20 Å². The molecule has 1 saturated carbocycles. The highest BCUT2D eigenvalue weighted by Gasteiger charge is 2.30. The Morgan fingerprint density at radius 3 is 2.83 bits per heavy atom. The van der Waals surface area contributed by atoms with E-state index >= 15 is 0 Å². The molecule has 122 valence electrons. The monoisotopic (exact) mass is 318 g/mol. The Kier molecular flexibility index (Phi) is 4.14. The first-order chi connectivity index (χ1) is 11.0. The quantitative estimate of drug-likeness (QED) is 0.761. The van der Waals surface area contributed by atoms with Crippen LogP contribution in [-0.4, -0.2) is 37.2 Å². The van der Waals surface area contributed by atoms with Gasteiger partial charge in [-0.25, -0.2) is 14.3 Å². The number of aryl methyl sites for hydroxylation is 1. The number of aromatic nitrogens is 3. The number of amides is 1. The van der Waals surface area contributed by atoms with E-state index in [-0.39, 0.29) is 24.6 Å². The highest BCUT2D eigenvalue weighted by molar-refractivity contribution is 5.83. The number of carboxylic acids is 1. The molecule has 23 heavy (non-hydrogen) atoms. The normalized spacial score (nSPS) is 15.5. The first-order valence-corrected chi connectivity index (χ1v) is 7.61. The van der Waals surface area contributed by atoms with Crippen molar-refractivity contribution in [2.75, 3.05) is 0 Å². The van der Waals surface area contributed by atoms with E-state index in [2.05, 4.69) is 10.4 Å². The first kappa shape index (κ1) is 15.3. The maximum Gasteiger partial charge on any atom is 0.350 e. The van der Waals surface area contributed by atoms with Gasteiger partial charge in [-0.1, -0.05) is 18.9 Å². The van der Waals surface area contributed by atoms with Gasteiger partial charge < -0.3 is 10.4 Å². The van der Waals surface area contributed by atoms with Crippen molar-refractivity contribution in [2.45, 2.75) is 38.3 Å². The molecule has 3 rings (SSSR count). The Labute approximate surface area is 131 Å². The number of rotatable bonds is 7. The lowest BCUT2D eigenvalue weighted by molar-refractivity contribution is -0.142. The zero-order valence-corrected chi connectivity index (χ0v) is 12.5. The number of aliphatic carboxylic acids is 1. The van der Waals surface area contributed by atoms with Gasteiger partial charge in [-0.15, -0.1) is 5.10 Å². The SMILES string of the molecule is O=C(CCn1nc2ccccn2c1=O)NC(CC1CC1)C(=O)O. The van der Waals surface area contributed by atoms with Crippen molar-refractivity contribution in [2.24, 2.45) is 5.92 Å². The van der Waals surface area contributed by atoms with Crippen molar-refractivity contribution in [1.29, 1.82) is 0 Å². The zero-order chi connectivity index (χ0) is 16.4. The molecule has 1 fully saturated rings. The summed E-state index contributed by atoms with van der Waals surface area (Å²) >= 11 is 0. The van der Waals surface area contributed by atoms with Crippen molar-refractivity contribution in [3.63, 3.8) is 0 Å². The van der Waals surface area contributed by atoms with Crippen LogP contribution in [0.15, 0.2) is 29.2 Å². The largest absolute Gasteiger partial charge is 0.480 e. The van der Waals surface area contributed by atoms with Crippen molar-refractivity contribution >= 4 is 17.5 Å². The minimum atomic E-state index is -1.02. The Bertz CT molecular complexity index is 790. The van der Waals surface area contributed by atoms with E-state index in [9.17, 15) is 14.4 Å². The average molecular weight is 318 g/mol. The highest BCUT2D eigenvalue weighted by Crippen LogP contribution is 2.33. The number of pyridine rings is 1. The molecular weight excluding hydrogens is 300 g/mol. The fourth-order valence-electron chi connectivity index (χ4n) is 2.50. The van der Waals surface area contributed by atoms with E-state index in [1.165, 1.54) is 9.08 Å². The molecule has 0 spiro atoms. The van der Waals surface area contributed by atoms with Crippen molar-refractivity contribution < 1.29 is 14.7 Å². The molecule has 2 N–H and O–H groups in total. The molecule has 2 aromatic rings. The fourth-order valence-corrected chi connectivity index (χ4v) is 2.50. The van der Waals surface area contributed by atoms with Crippen LogP contribution in [0.2, 0.25) is 0 Å². The van der Waals surface area contributed by atoms with E-state index in [4.69, 9.17) is 5.11 Å². The number of hydrogen-bond donors (Lipinski definition) is 2. The van der Waals surface area contributed by atoms with E-state index in [0.29, 0.717) is 18.0 Å². The smallest absolute Gasteiger partial charge is 0.350 e. The summed E-state index contributed by atoms with van der Waals surface area (Å²) in [5.41, 5.74) is 0.191. The summed E-state index contributed by atoms with van der Waals surface area (Å²) in [6.07, 6.45) is 4.14. The summed E-state index contributed by atoms with van der Waals surface area (Å²) in [6, 6.07) is 4.35. The molecular formula is C15H18N4O4. The molecule has 2 aromatic heterocycles. The second kappa shape index (κ2) is 6.23. The molecule has 0 aliphatic heterocycles. The predicted octanol–water partition coefficient (Wildman–Crippen LogP) is 0.256. The van der Waals surface area contributed by atoms with Gasteiger partial charge in [0.2, 0.25) is 5.91 Å². The zero-order valence-electron chi connectivity index (χ0n) is 12.5. The van der Waals surface area contributed by atoms with Crippen LogP contribution in [0.25, 0.3) is 5.65 Å². The lowest BCUT2D eigenvalue weighted by Crippen LogP contribution is -2.41. The van der Waals surface area contributed by atoms with Gasteiger partial charge >= 0.3 is 11.7 Å². The lowest BCUT2D eigenvalue weighted by Gasteiger charge is -2.13. The standard InChI is InChI=1S/C15H18N4O4/c20-13(16-11(14(21)22)9-10-4-5-10)6-8-19-15(23)18-7-2-1-3-12(18)17-19/h1-3,7,10-11H,4-6,8-9H2,(H,16,20)(H,21,22). The maximum absolute atomic E-state index is 12.1. The molecule has 8 nitrogen and oxygen atoms in total. The van der Waals surface area contributed by atoms with Crippen LogP contribution in [0.4, 0.5) is 0 Å².